The number of rotatable bonds is 6. The van der Waals surface area contributed by atoms with Gasteiger partial charge in [-0.05, 0) is 54.7 Å². The van der Waals surface area contributed by atoms with E-state index in [2.05, 4.69) is 57.3 Å². The van der Waals surface area contributed by atoms with E-state index in [4.69, 9.17) is 0 Å². The second kappa shape index (κ2) is 6.76. The Morgan fingerprint density at radius 1 is 1.15 bits per heavy atom. The van der Waals surface area contributed by atoms with Gasteiger partial charge in [0.05, 0.1) is 0 Å². The molecule has 1 atom stereocenters. The van der Waals surface area contributed by atoms with Crippen LogP contribution in [0.2, 0.25) is 0 Å². The van der Waals surface area contributed by atoms with Crippen LogP contribution in [0.4, 0.5) is 0 Å². The van der Waals surface area contributed by atoms with Crippen molar-refractivity contribution in [2.75, 3.05) is 6.54 Å². The van der Waals surface area contributed by atoms with Gasteiger partial charge in [0.1, 0.15) is 0 Å². The molecule has 1 aromatic rings. The molecule has 0 spiro atoms. The normalized spacial score (nSPS) is 17.8. The lowest BCUT2D eigenvalue weighted by Crippen LogP contribution is -2.40. The highest BCUT2D eigenvalue weighted by Crippen LogP contribution is 2.36. The molecule has 1 aliphatic carbocycles. The summed E-state index contributed by atoms with van der Waals surface area (Å²) in [6, 6.07) is 10.0. The highest BCUT2D eigenvalue weighted by molar-refractivity contribution is 5.26. The minimum atomic E-state index is 0.335. The van der Waals surface area contributed by atoms with Gasteiger partial charge in [-0.1, -0.05) is 58.4 Å². The van der Waals surface area contributed by atoms with E-state index in [1.807, 2.05) is 0 Å². The molecule has 1 N–H and O–H groups in total. The summed E-state index contributed by atoms with van der Waals surface area (Å²) in [7, 11) is 0. The van der Waals surface area contributed by atoms with Crippen LogP contribution < -0.4 is 5.32 Å². The zero-order valence-electron chi connectivity index (χ0n) is 13.7. The number of nitrogens with one attached hydrogen (secondary N) is 1. The second-order valence-electron chi connectivity index (χ2n) is 7.38. The van der Waals surface area contributed by atoms with Gasteiger partial charge in [0.2, 0.25) is 0 Å². The summed E-state index contributed by atoms with van der Waals surface area (Å²) in [6.45, 7) is 10.3. The van der Waals surface area contributed by atoms with Crippen LogP contribution >= 0.6 is 0 Å². The maximum absolute atomic E-state index is 3.64. The largest absolute Gasteiger partial charge is 0.314 e. The van der Waals surface area contributed by atoms with Gasteiger partial charge in [-0.2, -0.15) is 0 Å². The monoisotopic (exact) mass is 273 g/mol. The summed E-state index contributed by atoms with van der Waals surface area (Å²) in [5.74, 6) is 0.855. The van der Waals surface area contributed by atoms with Gasteiger partial charge in [0, 0.05) is 6.04 Å². The second-order valence-corrected chi connectivity index (χ2v) is 7.38. The Bertz CT molecular complexity index is 395. The third-order valence-corrected chi connectivity index (χ3v) is 4.77. The van der Waals surface area contributed by atoms with Crippen molar-refractivity contribution >= 4 is 0 Å². The topological polar surface area (TPSA) is 12.0 Å². The van der Waals surface area contributed by atoms with Crippen molar-refractivity contribution in [3.8, 4) is 0 Å². The quantitative estimate of drug-likeness (QED) is 0.776. The minimum absolute atomic E-state index is 0.335. The standard InChI is InChI=1S/C19H31N/c1-5-20-18(19(2,3)4)14-11-15-9-12-17(13-10-15)16-7-6-8-16/h9-10,12-13,16,18,20H,5-8,11,14H2,1-4H3. The van der Waals surface area contributed by atoms with E-state index in [1.54, 1.807) is 5.56 Å². The van der Waals surface area contributed by atoms with E-state index in [0.717, 1.165) is 12.5 Å². The summed E-state index contributed by atoms with van der Waals surface area (Å²) in [5, 5.41) is 3.64. The Labute approximate surface area is 125 Å². The molecule has 0 aliphatic heterocycles. The number of aryl methyl sites for hydroxylation is 1. The predicted molar refractivity (Wildman–Crippen MR) is 88.3 cm³/mol. The lowest BCUT2D eigenvalue weighted by Gasteiger charge is -2.31. The molecule has 1 nitrogen and oxygen atoms in total. The van der Waals surface area contributed by atoms with E-state index in [-0.39, 0.29) is 0 Å². The molecule has 1 unspecified atom stereocenters. The maximum Gasteiger partial charge on any atom is 0.0119 e. The van der Waals surface area contributed by atoms with Crippen molar-refractivity contribution < 1.29 is 0 Å². The van der Waals surface area contributed by atoms with E-state index in [1.165, 1.54) is 37.7 Å². The van der Waals surface area contributed by atoms with E-state index < -0.39 is 0 Å². The average Bonchev–Trinajstić information content (AvgIpc) is 2.33. The van der Waals surface area contributed by atoms with Gasteiger partial charge in [0.25, 0.3) is 0 Å². The number of hydrogen-bond donors (Lipinski definition) is 1. The molecule has 0 bridgehead atoms. The Morgan fingerprint density at radius 3 is 2.25 bits per heavy atom. The van der Waals surface area contributed by atoms with Crippen molar-refractivity contribution in [1.82, 2.24) is 5.32 Å². The highest BCUT2D eigenvalue weighted by Gasteiger charge is 2.23. The van der Waals surface area contributed by atoms with E-state index >= 15 is 0 Å². The van der Waals surface area contributed by atoms with Crippen LogP contribution in [-0.2, 0) is 6.42 Å². The van der Waals surface area contributed by atoms with E-state index in [9.17, 15) is 0 Å². The summed E-state index contributed by atoms with van der Waals surface area (Å²) >= 11 is 0. The van der Waals surface area contributed by atoms with Crippen LogP contribution in [0.25, 0.3) is 0 Å². The Balaban J connectivity index is 1.88. The summed E-state index contributed by atoms with van der Waals surface area (Å²) in [6.07, 6.45) is 6.61. The van der Waals surface area contributed by atoms with Crippen LogP contribution in [0.5, 0.6) is 0 Å². The molecule has 20 heavy (non-hydrogen) atoms. The zero-order valence-corrected chi connectivity index (χ0v) is 13.7. The fourth-order valence-electron chi connectivity index (χ4n) is 3.10. The van der Waals surface area contributed by atoms with Crippen LogP contribution in [0.3, 0.4) is 0 Å². The number of hydrogen-bond acceptors (Lipinski definition) is 1. The molecular formula is C19H31N. The number of benzene rings is 1. The zero-order chi connectivity index (χ0) is 14.6. The van der Waals surface area contributed by atoms with Crippen molar-refractivity contribution in [3.63, 3.8) is 0 Å². The average molecular weight is 273 g/mol. The van der Waals surface area contributed by atoms with Crippen LogP contribution in [0, 0.1) is 5.41 Å². The maximum atomic E-state index is 3.64. The predicted octanol–water partition coefficient (Wildman–Crippen LogP) is 4.91. The van der Waals surface area contributed by atoms with Gasteiger partial charge in [0.15, 0.2) is 0 Å². The minimum Gasteiger partial charge on any atom is -0.314 e. The van der Waals surface area contributed by atoms with Crippen molar-refractivity contribution in [1.29, 1.82) is 0 Å². The highest BCUT2D eigenvalue weighted by atomic mass is 14.9. The van der Waals surface area contributed by atoms with Crippen molar-refractivity contribution in [2.24, 2.45) is 5.41 Å². The van der Waals surface area contributed by atoms with Gasteiger partial charge in [-0.3, -0.25) is 0 Å². The Hall–Kier alpha value is -0.820. The van der Waals surface area contributed by atoms with Gasteiger partial charge in [-0.25, -0.2) is 0 Å². The fourth-order valence-corrected chi connectivity index (χ4v) is 3.10. The van der Waals surface area contributed by atoms with Crippen LogP contribution in [-0.4, -0.2) is 12.6 Å². The first kappa shape index (κ1) is 15.6. The van der Waals surface area contributed by atoms with Gasteiger partial charge >= 0.3 is 0 Å². The molecule has 0 amide bonds. The summed E-state index contributed by atoms with van der Waals surface area (Å²) < 4.78 is 0. The van der Waals surface area contributed by atoms with Crippen LogP contribution in [0.15, 0.2) is 24.3 Å². The lowest BCUT2D eigenvalue weighted by atomic mass is 9.79. The van der Waals surface area contributed by atoms with Crippen molar-refractivity contribution in [2.45, 2.75) is 71.8 Å². The molecule has 1 aromatic carbocycles. The van der Waals surface area contributed by atoms with Gasteiger partial charge < -0.3 is 5.32 Å². The molecule has 1 fully saturated rings. The van der Waals surface area contributed by atoms with Gasteiger partial charge in [-0.15, -0.1) is 0 Å². The molecular weight excluding hydrogens is 242 g/mol. The van der Waals surface area contributed by atoms with Crippen LogP contribution in [0.1, 0.15) is 70.4 Å². The van der Waals surface area contributed by atoms with E-state index in [0.29, 0.717) is 11.5 Å². The molecule has 112 valence electrons. The molecule has 1 saturated carbocycles. The molecule has 0 saturated heterocycles. The Kier molecular flexibility index (Phi) is 5.26. The first-order valence-electron chi connectivity index (χ1n) is 8.33. The molecule has 0 radical (unpaired) electrons. The molecule has 2 rings (SSSR count). The third-order valence-electron chi connectivity index (χ3n) is 4.77. The molecule has 1 heteroatoms. The molecule has 0 heterocycles. The summed E-state index contributed by atoms with van der Waals surface area (Å²) in [4.78, 5) is 0. The smallest absolute Gasteiger partial charge is 0.0119 e. The molecule has 1 aliphatic rings. The SMILES string of the molecule is CCNC(CCc1ccc(C2CCC2)cc1)C(C)(C)C. The first-order chi connectivity index (χ1) is 9.50. The Morgan fingerprint density at radius 2 is 1.80 bits per heavy atom. The third kappa shape index (κ3) is 4.09. The van der Waals surface area contributed by atoms with Crippen molar-refractivity contribution in [3.05, 3.63) is 35.4 Å². The fraction of sp³-hybridized carbons (Fsp3) is 0.684. The summed E-state index contributed by atoms with van der Waals surface area (Å²) in [5.41, 5.74) is 3.38. The molecule has 0 aromatic heterocycles. The first-order valence-corrected chi connectivity index (χ1v) is 8.33. The lowest BCUT2D eigenvalue weighted by molar-refractivity contribution is 0.258.